The van der Waals surface area contributed by atoms with Crippen molar-refractivity contribution in [1.29, 1.82) is 0 Å². The molecule has 0 bridgehead atoms. The molecule has 0 aromatic heterocycles. The molecule has 16 heavy (non-hydrogen) atoms. The molecule has 6 heteroatoms. The largest absolute Gasteiger partial charge is 0.343 e. The Bertz CT molecular complexity index is 403. The summed E-state index contributed by atoms with van der Waals surface area (Å²) in [7, 11) is 3.22. The van der Waals surface area contributed by atoms with Crippen LogP contribution in [0.4, 0.5) is 5.69 Å². The number of carbonyl (C=O) groups is 1. The zero-order valence-corrected chi connectivity index (χ0v) is 11.2. The number of carbonyl (C=O) groups excluding carboxylic acids is 1. The topological polar surface area (TPSA) is 44.7 Å². The second kappa shape index (κ2) is 5.86. The SMILES string of the molecule is CN(C)C(=O)/C(Cl)=N/Nc1ccc(Br)cc1. The predicted molar refractivity (Wildman–Crippen MR) is 69.7 cm³/mol. The van der Waals surface area contributed by atoms with Crippen LogP contribution in [0.2, 0.25) is 0 Å². The first-order valence-electron chi connectivity index (χ1n) is 4.47. The molecular weight excluding hydrogens is 293 g/mol. The Labute approximate surface area is 107 Å². The van der Waals surface area contributed by atoms with Crippen molar-refractivity contribution in [2.24, 2.45) is 5.10 Å². The van der Waals surface area contributed by atoms with Crippen LogP contribution in [0.5, 0.6) is 0 Å². The highest BCUT2D eigenvalue weighted by Crippen LogP contribution is 2.14. The maximum Gasteiger partial charge on any atom is 0.285 e. The van der Waals surface area contributed by atoms with Crippen molar-refractivity contribution in [3.63, 3.8) is 0 Å². The number of hydrazone groups is 1. The standard InChI is InChI=1S/C10H11BrClN3O/c1-15(2)10(16)9(12)14-13-8-5-3-7(11)4-6-8/h3-6,13H,1-2H3/b14-9-. The minimum Gasteiger partial charge on any atom is -0.343 e. The molecule has 0 aliphatic heterocycles. The quantitative estimate of drug-likeness (QED) is 0.689. The Morgan fingerprint density at radius 2 is 1.94 bits per heavy atom. The molecule has 1 aromatic rings. The second-order valence-electron chi connectivity index (χ2n) is 3.22. The highest BCUT2D eigenvalue weighted by molar-refractivity contribution is 9.10. The van der Waals surface area contributed by atoms with Gasteiger partial charge in [-0.3, -0.25) is 10.2 Å². The number of nitrogens with zero attached hydrogens (tertiary/aromatic N) is 2. The number of hydrogen-bond acceptors (Lipinski definition) is 3. The van der Waals surface area contributed by atoms with E-state index in [-0.39, 0.29) is 11.1 Å². The molecule has 4 nitrogen and oxygen atoms in total. The van der Waals surface area contributed by atoms with Gasteiger partial charge in [-0.1, -0.05) is 27.5 Å². The number of halogens is 2. The number of nitrogens with one attached hydrogen (secondary N) is 1. The molecule has 1 rings (SSSR count). The molecule has 0 spiro atoms. The summed E-state index contributed by atoms with van der Waals surface area (Å²) < 4.78 is 0.970. The van der Waals surface area contributed by atoms with Crippen molar-refractivity contribution in [2.45, 2.75) is 0 Å². The minimum atomic E-state index is -0.341. The molecule has 0 atom stereocenters. The zero-order chi connectivity index (χ0) is 12.1. The predicted octanol–water partition coefficient (Wildman–Crippen LogP) is 2.50. The lowest BCUT2D eigenvalue weighted by Gasteiger charge is -2.08. The molecule has 0 radical (unpaired) electrons. The van der Waals surface area contributed by atoms with Gasteiger partial charge in [0.2, 0.25) is 5.17 Å². The fourth-order valence-corrected chi connectivity index (χ4v) is 1.35. The summed E-state index contributed by atoms with van der Waals surface area (Å²) in [5, 5.41) is 3.67. The molecule has 0 saturated heterocycles. The van der Waals surface area contributed by atoms with E-state index < -0.39 is 0 Å². The highest BCUT2D eigenvalue weighted by atomic mass is 79.9. The van der Waals surface area contributed by atoms with E-state index in [9.17, 15) is 4.79 Å². The number of hydrogen-bond donors (Lipinski definition) is 1. The van der Waals surface area contributed by atoms with Crippen LogP contribution in [0.3, 0.4) is 0 Å². The van der Waals surface area contributed by atoms with Crippen LogP contribution in [0.25, 0.3) is 0 Å². The van der Waals surface area contributed by atoms with Crippen molar-refractivity contribution in [1.82, 2.24) is 4.90 Å². The highest BCUT2D eigenvalue weighted by Gasteiger charge is 2.10. The smallest absolute Gasteiger partial charge is 0.285 e. The van der Waals surface area contributed by atoms with E-state index >= 15 is 0 Å². The molecular formula is C10H11BrClN3O. The van der Waals surface area contributed by atoms with Crippen LogP contribution in [0.15, 0.2) is 33.8 Å². The molecule has 86 valence electrons. The fourth-order valence-electron chi connectivity index (χ4n) is 0.870. The molecule has 0 saturated carbocycles. The first-order chi connectivity index (χ1) is 7.50. The van der Waals surface area contributed by atoms with E-state index in [4.69, 9.17) is 11.6 Å². The average Bonchev–Trinajstić information content (AvgIpc) is 2.26. The minimum absolute atomic E-state index is 0.104. The van der Waals surface area contributed by atoms with Crippen molar-refractivity contribution >= 4 is 44.3 Å². The first kappa shape index (κ1) is 13.0. The molecule has 0 aliphatic carbocycles. The number of amides is 1. The lowest BCUT2D eigenvalue weighted by molar-refractivity contribution is -0.121. The summed E-state index contributed by atoms with van der Waals surface area (Å²) in [4.78, 5) is 12.7. The van der Waals surface area contributed by atoms with E-state index in [1.807, 2.05) is 24.3 Å². The molecule has 0 unspecified atom stereocenters. The van der Waals surface area contributed by atoms with Crippen molar-refractivity contribution in [3.05, 3.63) is 28.7 Å². The van der Waals surface area contributed by atoms with E-state index in [2.05, 4.69) is 26.5 Å². The Balaban J connectivity index is 2.66. The van der Waals surface area contributed by atoms with E-state index in [0.29, 0.717) is 0 Å². The van der Waals surface area contributed by atoms with Crippen LogP contribution < -0.4 is 5.43 Å². The van der Waals surface area contributed by atoms with Crippen LogP contribution in [-0.4, -0.2) is 30.1 Å². The van der Waals surface area contributed by atoms with E-state index in [1.165, 1.54) is 4.90 Å². The van der Waals surface area contributed by atoms with Gasteiger partial charge in [0, 0.05) is 18.6 Å². The molecule has 0 fully saturated rings. The third kappa shape index (κ3) is 3.83. The van der Waals surface area contributed by atoms with Gasteiger partial charge >= 0.3 is 0 Å². The summed E-state index contributed by atoms with van der Waals surface area (Å²) in [6.07, 6.45) is 0. The normalized spacial score (nSPS) is 11.1. The summed E-state index contributed by atoms with van der Waals surface area (Å²) in [5.74, 6) is -0.341. The Morgan fingerprint density at radius 3 is 2.44 bits per heavy atom. The second-order valence-corrected chi connectivity index (χ2v) is 4.49. The van der Waals surface area contributed by atoms with Gasteiger partial charge in [0.05, 0.1) is 5.69 Å². The van der Waals surface area contributed by atoms with Gasteiger partial charge in [-0.25, -0.2) is 0 Å². The summed E-state index contributed by atoms with van der Waals surface area (Å²) in [6, 6.07) is 7.36. The average molecular weight is 305 g/mol. The summed E-state index contributed by atoms with van der Waals surface area (Å²) in [5.41, 5.74) is 3.45. The third-order valence-corrected chi connectivity index (χ3v) is 2.48. The first-order valence-corrected chi connectivity index (χ1v) is 5.64. The van der Waals surface area contributed by atoms with Gasteiger partial charge in [-0.2, -0.15) is 5.10 Å². The molecule has 1 aromatic carbocycles. The van der Waals surface area contributed by atoms with Crippen LogP contribution >= 0.6 is 27.5 Å². The molecule has 0 aliphatic rings. The summed E-state index contributed by atoms with van der Waals surface area (Å²) in [6.45, 7) is 0. The van der Waals surface area contributed by atoms with Gasteiger partial charge in [-0.05, 0) is 24.3 Å². The van der Waals surface area contributed by atoms with Gasteiger partial charge < -0.3 is 4.90 Å². The van der Waals surface area contributed by atoms with Gasteiger partial charge in [0.25, 0.3) is 5.91 Å². The maximum atomic E-state index is 11.3. The Hall–Kier alpha value is -1.07. The number of benzene rings is 1. The van der Waals surface area contributed by atoms with Crippen LogP contribution in [-0.2, 0) is 4.79 Å². The third-order valence-electron chi connectivity index (χ3n) is 1.71. The maximum absolute atomic E-state index is 11.3. The van der Waals surface area contributed by atoms with E-state index in [1.54, 1.807) is 14.1 Å². The number of anilines is 1. The van der Waals surface area contributed by atoms with Crippen LogP contribution in [0.1, 0.15) is 0 Å². The van der Waals surface area contributed by atoms with Crippen molar-refractivity contribution in [2.75, 3.05) is 19.5 Å². The van der Waals surface area contributed by atoms with Crippen molar-refractivity contribution < 1.29 is 4.79 Å². The van der Waals surface area contributed by atoms with Gasteiger partial charge in [0.15, 0.2) is 0 Å². The zero-order valence-electron chi connectivity index (χ0n) is 8.87. The molecule has 1 N–H and O–H groups in total. The summed E-state index contributed by atoms with van der Waals surface area (Å²) >= 11 is 9.01. The van der Waals surface area contributed by atoms with Gasteiger partial charge in [-0.15, -0.1) is 0 Å². The Kier molecular flexibility index (Phi) is 4.76. The van der Waals surface area contributed by atoms with Gasteiger partial charge in [0.1, 0.15) is 0 Å². The van der Waals surface area contributed by atoms with Crippen LogP contribution in [0, 0.1) is 0 Å². The lowest BCUT2D eigenvalue weighted by Crippen LogP contribution is -2.27. The Morgan fingerprint density at radius 1 is 1.38 bits per heavy atom. The molecule has 1 amide bonds. The monoisotopic (exact) mass is 303 g/mol. The fraction of sp³-hybridized carbons (Fsp3) is 0.200. The van der Waals surface area contributed by atoms with Crippen molar-refractivity contribution in [3.8, 4) is 0 Å². The lowest BCUT2D eigenvalue weighted by atomic mass is 10.3. The molecule has 0 heterocycles. The number of rotatable bonds is 3. The van der Waals surface area contributed by atoms with E-state index in [0.717, 1.165) is 10.2 Å².